The third-order valence-electron chi connectivity index (χ3n) is 10.4. The van der Waals surface area contributed by atoms with E-state index in [1.54, 1.807) is 13.8 Å². The fourth-order valence-corrected chi connectivity index (χ4v) is 6.96. The molecule has 2 aliphatic heterocycles. The maximum absolute atomic E-state index is 13.5. The fraction of sp³-hybridized carbons (Fsp3) is 0.684. The smallest absolute Gasteiger partial charge is 0.326 e. The summed E-state index contributed by atoms with van der Waals surface area (Å²) in [5.74, 6) is -11.0. The zero-order valence-electron chi connectivity index (χ0n) is 36.8. The van der Waals surface area contributed by atoms with E-state index in [9.17, 15) is 68.1 Å². The van der Waals surface area contributed by atoms with Gasteiger partial charge in [0.05, 0.1) is 32.2 Å². The molecule has 2 heterocycles. The highest BCUT2D eigenvalue weighted by atomic mass is 16.4. The SMILES string of the molecule is CC(C)[C@H](NC(=O)[C@@H]1CCCN1C(=O)CNC(=O)[C@H](C)NC(=O)[C@H](CC(=O)O)NC(=O)CNC(=O)[C@@H](NC(=O)[C@H](CCCN=C(N)N)NC(=O)[C@@H]1CCCN1C(=O)CN)[C@@H](C)O)C(=O)O. The van der Waals surface area contributed by atoms with Crippen LogP contribution < -0.4 is 54.4 Å². The summed E-state index contributed by atoms with van der Waals surface area (Å²) in [6.07, 6.45) is -0.921. The van der Waals surface area contributed by atoms with Crippen LogP contribution in [0.2, 0.25) is 0 Å². The molecule has 0 aromatic heterocycles. The Balaban J connectivity index is 2.02. The molecule has 16 N–H and O–H groups in total. The lowest BCUT2D eigenvalue weighted by Gasteiger charge is -2.28. The minimum atomic E-state index is -1.79. The number of amides is 9. The third kappa shape index (κ3) is 17.5. The van der Waals surface area contributed by atoms with Crippen LogP contribution in [-0.4, -0.2) is 184 Å². The number of nitrogens with one attached hydrogen (secondary N) is 7. The molecule has 65 heavy (non-hydrogen) atoms. The van der Waals surface area contributed by atoms with Gasteiger partial charge < -0.3 is 79.5 Å². The van der Waals surface area contributed by atoms with Crippen LogP contribution >= 0.6 is 0 Å². The van der Waals surface area contributed by atoms with E-state index in [0.717, 1.165) is 6.92 Å². The van der Waals surface area contributed by atoms with Crippen molar-refractivity contribution in [2.45, 2.75) is 121 Å². The van der Waals surface area contributed by atoms with Crippen molar-refractivity contribution in [3.8, 4) is 0 Å². The molecule has 0 aromatic carbocycles. The number of nitrogens with two attached hydrogens (primary N) is 3. The van der Waals surface area contributed by atoms with Gasteiger partial charge in [0, 0.05) is 19.6 Å². The van der Waals surface area contributed by atoms with E-state index < -0.39 is 139 Å². The molecule has 9 amide bonds. The maximum Gasteiger partial charge on any atom is 0.326 e. The lowest BCUT2D eigenvalue weighted by Crippen LogP contribution is -2.59. The van der Waals surface area contributed by atoms with Crippen LogP contribution in [-0.2, 0) is 52.7 Å². The molecule has 0 radical (unpaired) electrons. The van der Waals surface area contributed by atoms with Gasteiger partial charge >= 0.3 is 11.9 Å². The average Bonchev–Trinajstić information content (AvgIpc) is 3.94. The first-order valence-corrected chi connectivity index (χ1v) is 21.0. The summed E-state index contributed by atoms with van der Waals surface area (Å²) < 4.78 is 0. The van der Waals surface area contributed by atoms with Crippen molar-refractivity contribution in [3.05, 3.63) is 0 Å². The van der Waals surface area contributed by atoms with Crippen molar-refractivity contribution in [2.75, 3.05) is 39.3 Å². The number of nitrogens with zero attached hydrogens (tertiary/aromatic N) is 3. The standard InChI is InChI=1S/C38H63N13O14/c1-18(2)29(37(64)65)48-35(62)24-10-7-13-51(24)27(55)17-44-31(58)19(3)45-33(60)22(14-28(56)57)46-25(53)16-43-36(63)30(20(4)52)49-32(59)21(8-5-11-42-38(40)41)47-34(61)23-9-6-12-50(23)26(54)15-39/h18-24,29-30,52H,5-17,39H2,1-4H3,(H,43,63)(H,44,58)(H,45,60)(H,46,53)(H,47,61)(H,48,62)(H,49,59)(H,56,57)(H,64,65)(H4,40,41,42)/t19-,20+,21-,22-,23-,24-,29-,30-/m0/s1. The minimum absolute atomic E-state index is 0.0520. The molecule has 2 rings (SSSR count). The first kappa shape index (κ1) is 54.5. The zero-order chi connectivity index (χ0) is 49.1. The first-order chi connectivity index (χ1) is 30.5. The van der Waals surface area contributed by atoms with E-state index in [1.165, 1.54) is 16.7 Å². The topological polar surface area (TPSA) is 430 Å². The molecule has 0 aliphatic carbocycles. The predicted molar refractivity (Wildman–Crippen MR) is 226 cm³/mol. The fourth-order valence-electron chi connectivity index (χ4n) is 6.96. The van der Waals surface area contributed by atoms with Gasteiger partial charge in [-0.15, -0.1) is 0 Å². The Morgan fingerprint density at radius 1 is 0.677 bits per heavy atom. The van der Waals surface area contributed by atoms with E-state index >= 15 is 0 Å². The number of carboxylic acid groups (broad SMARTS) is 2. The number of carboxylic acids is 2. The average molecular weight is 926 g/mol. The predicted octanol–water partition coefficient (Wildman–Crippen LogP) is -6.75. The van der Waals surface area contributed by atoms with Crippen molar-refractivity contribution in [2.24, 2.45) is 28.1 Å². The summed E-state index contributed by atoms with van der Waals surface area (Å²) in [4.78, 5) is 146. The number of carbonyl (C=O) groups is 11. The van der Waals surface area contributed by atoms with Gasteiger partial charge in [-0.25, -0.2) is 4.79 Å². The lowest BCUT2D eigenvalue weighted by atomic mass is 10.0. The maximum atomic E-state index is 13.5. The minimum Gasteiger partial charge on any atom is -0.481 e. The van der Waals surface area contributed by atoms with Gasteiger partial charge in [-0.05, 0) is 58.3 Å². The molecule has 0 unspecified atom stereocenters. The van der Waals surface area contributed by atoms with Crippen molar-refractivity contribution >= 4 is 71.1 Å². The van der Waals surface area contributed by atoms with Crippen LogP contribution in [0.3, 0.4) is 0 Å². The number of rotatable bonds is 25. The molecule has 2 saturated heterocycles. The number of hydrogen-bond acceptors (Lipinski definition) is 14. The molecule has 364 valence electrons. The van der Waals surface area contributed by atoms with Gasteiger partial charge in [-0.3, -0.25) is 52.9 Å². The van der Waals surface area contributed by atoms with E-state index in [0.29, 0.717) is 19.3 Å². The van der Waals surface area contributed by atoms with Crippen LogP contribution in [0.1, 0.15) is 72.6 Å². The van der Waals surface area contributed by atoms with Crippen LogP contribution in [0.5, 0.6) is 0 Å². The van der Waals surface area contributed by atoms with Crippen molar-refractivity contribution in [1.82, 2.24) is 47.0 Å². The molecule has 0 bridgehead atoms. The zero-order valence-corrected chi connectivity index (χ0v) is 36.8. The third-order valence-corrected chi connectivity index (χ3v) is 10.4. The summed E-state index contributed by atoms with van der Waals surface area (Å²) in [6.45, 7) is 4.24. The summed E-state index contributed by atoms with van der Waals surface area (Å²) in [6, 6.07) is -9.27. The molecule has 0 aromatic rings. The van der Waals surface area contributed by atoms with Gasteiger partial charge in [-0.2, -0.15) is 0 Å². The number of aliphatic imine (C=N–C) groups is 1. The first-order valence-electron chi connectivity index (χ1n) is 21.0. The summed E-state index contributed by atoms with van der Waals surface area (Å²) in [5.41, 5.74) is 16.2. The molecule has 0 saturated carbocycles. The number of hydrogen-bond donors (Lipinski definition) is 13. The van der Waals surface area contributed by atoms with Crippen LogP contribution in [0.25, 0.3) is 0 Å². The monoisotopic (exact) mass is 925 g/mol. The van der Waals surface area contributed by atoms with Crippen LogP contribution in [0.4, 0.5) is 0 Å². The van der Waals surface area contributed by atoms with Gasteiger partial charge in [0.15, 0.2) is 5.96 Å². The molecule has 2 aliphatic rings. The molecular formula is C38H63N13O14. The summed E-state index contributed by atoms with van der Waals surface area (Å²) in [7, 11) is 0. The number of aliphatic hydroxyl groups is 1. The van der Waals surface area contributed by atoms with Gasteiger partial charge in [0.1, 0.15) is 42.3 Å². The molecule has 8 atom stereocenters. The molecule has 2 fully saturated rings. The second kappa shape index (κ2) is 26.2. The Morgan fingerprint density at radius 2 is 1.23 bits per heavy atom. The van der Waals surface area contributed by atoms with E-state index in [4.69, 9.17) is 17.2 Å². The summed E-state index contributed by atoms with van der Waals surface area (Å²) in [5, 5.41) is 45.4. The Labute approximate surface area is 374 Å². The van der Waals surface area contributed by atoms with Crippen molar-refractivity contribution in [3.63, 3.8) is 0 Å². The quantitative estimate of drug-likeness (QED) is 0.0230. The van der Waals surface area contributed by atoms with Gasteiger partial charge in [-0.1, -0.05) is 13.8 Å². The highest BCUT2D eigenvalue weighted by molar-refractivity contribution is 5.98. The van der Waals surface area contributed by atoms with Gasteiger partial charge in [0.25, 0.3) is 0 Å². The van der Waals surface area contributed by atoms with E-state index in [2.05, 4.69) is 42.2 Å². The van der Waals surface area contributed by atoms with Crippen molar-refractivity contribution < 1.29 is 68.1 Å². The number of aliphatic carboxylic acids is 2. The molecule has 27 nitrogen and oxygen atoms in total. The normalized spacial score (nSPS) is 18.4. The lowest BCUT2D eigenvalue weighted by molar-refractivity contribution is -0.145. The van der Waals surface area contributed by atoms with Crippen LogP contribution in [0, 0.1) is 5.92 Å². The Hall–Kier alpha value is -6.64. The molecule has 27 heteroatoms. The number of likely N-dealkylation sites (tertiary alicyclic amines) is 2. The van der Waals surface area contributed by atoms with Crippen molar-refractivity contribution in [1.29, 1.82) is 0 Å². The highest BCUT2D eigenvalue weighted by Crippen LogP contribution is 2.19. The largest absolute Gasteiger partial charge is 0.481 e. The number of aliphatic hydroxyl groups excluding tert-OH is 1. The number of carbonyl (C=O) groups excluding carboxylic acids is 9. The van der Waals surface area contributed by atoms with Gasteiger partial charge in [0.2, 0.25) is 53.2 Å². The van der Waals surface area contributed by atoms with Crippen LogP contribution in [0.15, 0.2) is 4.99 Å². The van der Waals surface area contributed by atoms with E-state index in [1.807, 2.05) is 0 Å². The summed E-state index contributed by atoms with van der Waals surface area (Å²) >= 11 is 0. The molecule has 0 spiro atoms. The number of guanidine groups is 1. The Kier molecular flexibility index (Phi) is 22.0. The second-order valence-electron chi connectivity index (χ2n) is 15.9. The van der Waals surface area contributed by atoms with E-state index in [-0.39, 0.29) is 51.4 Å². The Bertz CT molecular complexity index is 1810. The molecular weight excluding hydrogens is 862 g/mol. The second-order valence-corrected chi connectivity index (χ2v) is 15.9. The Morgan fingerprint density at radius 3 is 1.75 bits per heavy atom. The highest BCUT2D eigenvalue weighted by Gasteiger charge is 2.38.